The first-order chi connectivity index (χ1) is 14.0. The zero-order valence-corrected chi connectivity index (χ0v) is 17.7. The van der Waals surface area contributed by atoms with E-state index < -0.39 is 38.2 Å². The van der Waals surface area contributed by atoms with Crippen molar-refractivity contribution in [3.63, 3.8) is 0 Å². The van der Waals surface area contributed by atoms with Crippen molar-refractivity contribution in [1.82, 2.24) is 9.80 Å². The first kappa shape index (κ1) is 21.5. The molecule has 0 spiro atoms. The highest BCUT2D eigenvalue weighted by atomic mass is 32.2. The Labute approximate surface area is 174 Å². The molecule has 166 valence electrons. The Kier molecular flexibility index (Phi) is 5.31. The van der Waals surface area contributed by atoms with Gasteiger partial charge < -0.3 is 14.7 Å². The normalized spacial score (nSPS) is 27.1. The van der Waals surface area contributed by atoms with E-state index in [0.29, 0.717) is 19.0 Å². The van der Waals surface area contributed by atoms with Crippen LogP contribution in [0.5, 0.6) is 5.75 Å². The van der Waals surface area contributed by atoms with Gasteiger partial charge in [-0.15, -0.1) is 0 Å². The van der Waals surface area contributed by atoms with Gasteiger partial charge in [0, 0.05) is 25.2 Å². The zero-order valence-electron chi connectivity index (χ0n) is 16.9. The summed E-state index contributed by atoms with van der Waals surface area (Å²) in [5.41, 5.74) is -0.820. The van der Waals surface area contributed by atoms with Gasteiger partial charge in [-0.2, -0.15) is 8.78 Å². The van der Waals surface area contributed by atoms with Gasteiger partial charge in [0.05, 0.1) is 17.5 Å². The molecule has 2 atom stereocenters. The number of fused-ring (bicyclic) bond motifs is 1. The Bertz CT molecular complexity index is 949. The number of carbonyl (C=O) groups excluding carboxylic acids is 1. The fraction of sp³-hybridized carbons (Fsp3) is 0.650. The van der Waals surface area contributed by atoms with Crippen molar-refractivity contribution >= 4 is 15.7 Å². The molecule has 0 aromatic heterocycles. The van der Waals surface area contributed by atoms with Crippen LogP contribution in [0.25, 0.3) is 0 Å². The van der Waals surface area contributed by atoms with Crippen LogP contribution in [0.1, 0.15) is 38.3 Å². The van der Waals surface area contributed by atoms with Gasteiger partial charge in [-0.05, 0) is 50.8 Å². The molecule has 1 saturated heterocycles. The van der Waals surface area contributed by atoms with Crippen molar-refractivity contribution in [2.45, 2.75) is 55.1 Å². The number of hydrogen-bond donors (Lipinski definition) is 1. The largest absolute Gasteiger partial charge is 0.485 e. The topological polar surface area (TPSA) is 87.2 Å². The minimum absolute atomic E-state index is 0.184. The lowest BCUT2D eigenvalue weighted by Crippen LogP contribution is -2.59. The van der Waals surface area contributed by atoms with Gasteiger partial charge in [-0.3, -0.25) is 9.69 Å². The van der Waals surface area contributed by atoms with Crippen molar-refractivity contribution < 1.29 is 31.8 Å². The lowest BCUT2D eigenvalue weighted by Gasteiger charge is -2.48. The number of halogens is 2. The predicted octanol–water partition coefficient (Wildman–Crippen LogP) is 1.81. The van der Waals surface area contributed by atoms with Crippen LogP contribution in [-0.2, 0) is 14.6 Å². The first-order valence-electron chi connectivity index (χ1n) is 10.1. The number of amides is 1. The molecule has 1 amide bonds. The molecule has 1 N–H and O–H groups in total. The summed E-state index contributed by atoms with van der Waals surface area (Å²) in [4.78, 5) is 16.0. The molecule has 30 heavy (non-hydrogen) atoms. The maximum absolute atomic E-state index is 13.1. The summed E-state index contributed by atoms with van der Waals surface area (Å²) in [5.74, 6) is -2.83. The molecule has 10 heteroatoms. The van der Waals surface area contributed by atoms with Gasteiger partial charge in [-0.1, -0.05) is 0 Å². The summed E-state index contributed by atoms with van der Waals surface area (Å²) in [7, 11) is -4.82. The third kappa shape index (κ3) is 3.80. The standard InChI is InChI=1S/C20H26F2N2O5S/c1-20(2)18(26)17(24-8-7-23(11-16(24)25)10-12-3-4-12)14-9-13(5-6-15(14)29-20)30(27,28)19(21)22/h5-6,9,12,17-19,26H,3-4,7-8,10-11H2,1-2H3/t17-,18+/m0/s1. The number of alkyl halides is 2. The number of carbonyl (C=O) groups is 1. The third-order valence-corrected chi connectivity index (χ3v) is 7.51. The van der Waals surface area contributed by atoms with Crippen LogP contribution in [0, 0.1) is 5.92 Å². The van der Waals surface area contributed by atoms with Crippen LogP contribution in [0.2, 0.25) is 0 Å². The van der Waals surface area contributed by atoms with Gasteiger partial charge >= 0.3 is 5.76 Å². The molecule has 1 saturated carbocycles. The summed E-state index contributed by atoms with van der Waals surface area (Å²) >= 11 is 0. The molecule has 0 bridgehead atoms. The van der Waals surface area contributed by atoms with Crippen molar-refractivity contribution in [3.8, 4) is 5.75 Å². The summed E-state index contributed by atoms with van der Waals surface area (Å²) in [6, 6.07) is 2.61. The second kappa shape index (κ2) is 7.42. The molecule has 2 aliphatic heterocycles. The monoisotopic (exact) mass is 444 g/mol. The molecule has 1 aromatic carbocycles. The van der Waals surface area contributed by atoms with Crippen LogP contribution >= 0.6 is 0 Å². The van der Waals surface area contributed by atoms with Gasteiger partial charge in [0.15, 0.2) is 0 Å². The number of rotatable bonds is 5. The molecule has 1 aromatic rings. The number of benzene rings is 1. The number of aliphatic hydroxyl groups is 1. The molecule has 1 aliphatic carbocycles. The highest BCUT2D eigenvalue weighted by Gasteiger charge is 2.48. The number of ether oxygens (including phenoxy) is 1. The van der Waals surface area contributed by atoms with Crippen molar-refractivity contribution in [3.05, 3.63) is 23.8 Å². The van der Waals surface area contributed by atoms with E-state index in [1.807, 2.05) is 0 Å². The average Bonchev–Trinajstić information content (AvgIpc) is 3.47. The van der Waals surface area contributed by atoms with Crippen molar-refractivity contribution in [2.24, 2.45) is 5.92 Å². The quantitative estimate of drug-likeness (QED) is 0.746. The van der Waals surface area contributed by atoms with E-state index in [9.17, 15) is 27.1 Å². The van der Waals surface area contributed by atoms with E-state index in [0.717, 1.165) is 18.7 Å². The van der Waals surface area contributed by atoms with E-state index in [4.69, 9.17) is 4.74 Å². The van der Waals surface area contributed by atoms with Crippen LogP contribution < -0.4 is 4.74 Å². The van der Waals surface area contributed by atoms with E-state index in [2.05, 4.69) is 4.90 Å². The average molecular weight is 445 g/mol. The molecular formula is C20H26F2N2O5S. The Morgan fingerprint density at radius 3 is 2.57 bits per heavy atom. The molecule has 4 rings (SSSR count). The number of sulfone groups is 1. The van der Waals surface area contributed by atoms with E-state index in [1.54, 1.807) is 13.8 Å². The summed E-state index contributed by atoms with van der Waals surface area (Å²) in [5, 5.41) is 11.0. The number of hydrogen-bond acceptors (Lipinski definition) is 6. The van der Waals surface area contributed by atoms with Crippen LogP contribution in [-0.4, -0.2) is 72.9 Å². The Morgan fingerprint density at radius 1 is 1.27 bits per heavy atom. The van der Waals surface area contributed by atoms with Crippen LogP contribution in [0.4, 0.5) is 8.78 Å². The smallest absolute Gasteiger partial charge is 0.341 e. The fourth-order valence-corrected chi connectivity index (χ4v) is 4.97. The molecule has 3 aliphatic rings. The molecule has 0 unspecified atom stereocenters. The minimum Gasteiger partial charge on any atom is -0.485 e. The summed E-state index contributed by atoms with van der Waals surface area (Å²) in [6.07, 6.45) is 1.19. The van der Waals surface area contributed by atoms with Crippen molar-refractivity contribution in [1.29, 1.82) is 0 Å². The SMILES string of the molecule is CC1(C)Oc2ccc(S(=O)(=O)C(F)F)cc2[C@H](N2CCN(CC3CC3)CC2=O)[C@H]1O. The van der Waals surface area contributed by atoms with E-state index in [-0.39, 0.29) is 23.8 Å². The zero-order chi connectivity index (χ0) is 21.8. The predicted molar refractivity (Wildman–Crippen MR) is 104 cm³/mol. The second-order valence-corrected chi connectivity index (χ2v) is 10.8. The maximum Gasteiger partial charge on any atom is 0.341 e. The van der Waals surface area contributed by atoms with E-state index >= 15 is 0 Å². The summed E-state index contributed by atoms with van der Waals surface area (Å²) < 4.78 is 55.9. The van der Waals surface area contributed by atoms with Gasteiger partial charge in [0.25, 0.3) is 0 Å². The Hall–Kier alpha value is -1.78. The van der Waals surface area contributed by atoms with Crippen LogP contribution in [0.15, 0.2) is 23.1 Å². The van der Waals surface area contributed by atoms with Gasteiger partial charge in [0.1, 0.15) is 17.5 Å². The Balaban J connectivity index is 1.69. The molecule has 2 heterocycles. The fourth-order valence-electron chi connectivity index (χ4n) is 4.21. The number of piperazine rings is 1. The maximum atomic E-state index is 13.1. The number of nitrogens with zero attached hydrogens (tertiary/aromatic N) is 2. The number of aliphatic hydroxyl groups excluding tert-OH is 1. The second-order valence-electron chi connectivity index (χ2n) is 8.87. The lowest BCUT2D eigenvalue weighted by molar-refractivity contribution is -0.150. The van der Waals surface area contributed by atoms with Gasteiger partial charge in [0.2, 0.25) is 15.7 Å². The van der Waals surface area contributed by atoms with Crippen molar-refractivity contribution in [2.75, 3.05) is 26.2 Å². The lowest BCUT2D eigenvalue weighted by atomic mass is 9.85. The minimum atomic E-state index is -4.82. The summed E-state index contributed by atoms with van der Waals surface area (Å²) in [6.45, 7) is 5.42. The molecule has 7 nitrogen and oxygen atoms in total. The Morgan fingerprint density at radius 2 is 1.97 bits per heavy atom. The van der Waals surface area contributed by atoms with E-state index in [1.165, 1.54) is 23.8 Å². The highest BCUT2D eigenvalue weighted by Crippen LogP contribution is 2.44. The first-order valence-corrected chi connectivity index (χ1v) is 11.6. The molecule has 2 fully saturated rings. The highest BCUT2D eigenvalue weighted by molar-refractivity contribution is 7.91. The molecule has 0 radical (unpaired) electrons. The van der Waals surface area contributed by atoms with Crippen LogP contribution in [0.3, 0.4) is 0 Å². The third-order valence-electron chi connectivity index (χ3n) is 6.13. The van der Waals surface area contributed by atoms with Gasteiger partial charge in [-0.25, -0.2) is 8.42 Å². The molecular weight excluding hydrogens is 418 g/mol.